The monoisotopic (exact) mass is 248 g/mol. The minimum absolute atomic E-state index is 0.694. The molecule has 88 valence electrons. The van der Waals surface area contributed by atoms with E-state index < -0.39 is 12.0 Å². The van der Waals surface area contributed by atoms with Gasteiger partial charge in [-0.25, -0.2) is 4.79 Å². The van der Waals surface area contributed by atoms with Crippen molar-refractivity contribution in [1.29, 1.82) is 0 Å². The molecular weight excluding hydrogens is 236 g/mol. The molecule has 1 atom stereocenters. The number of hydrogen-bond donors (Lipinski definition) is 2. The Labute approximate surface area is 103 Å². The van der Waals surface area contributed by atoms with E-state index in [1.54, 1.807) is 11.7 Å². The fourth-order valence-corrected chi connectivity index (χ4v) is 2.19. The number of nitrogens with zero attached hydrogens (tertiary/aromatic N) is 1. The van der Waals surface area contributed by atoms with Crippen LogP contribution in [0.5, 0.6) is 0 Å². The number of nitrogens with one attached hydrogen (secondary N) is 1. The van der Waals surface area contributed by atoms with E-state index in [1.807, 2.05) is 31.2 Å². The average Bonchev–Trinajstić information content (AvgIpc) is 2.78. The van der Waals surface area contributed by atoms with E-state index in [2.05, 4.69) is 10.3 Å². The van der Waals surface area contributed by atoms with E-state index in [0.717, 1.165) is 11.3 Å². The number of benzene rings is 1. The van der Waals surface area contributed by atoms with E-state index in [0.29, 0.717) is 4.88 Å². The van der Waals surface area contributed by atoms with E-state index >= 15 is 0 Å². The summed E-state index contributed by atoms with van der Waals surface area (Å²) in [5.41, 5.74) is 3.51. The van der Waals surface area contributed by atoms with Crippen LogP contribution in [0.2, 0.25) is 0 Å². The minimum atomic E-state index is -0.907. The maximum absolute atomic E-state index is 11.2. The number of thiazole rings is 1. The lowest BCUT2D eigenvalue weighted by Crippen LogP contribution is -2.19. The van der Waals surface area contributed by atoms with Crippen molar-refractivity contribution in [2.45, 2.75) is 13.0 Å². The Morgan fingerprint density at radius 3 is 2.94 bits per heavy atom. The Kier molecular flexibility index (Phi) is 3.39. The smallest absolute Gasteiger partial charge is 0.331 e. The third-order valence-electron chi connectivity index (χ3n) is 2.31. The quantitative estimate of drug-likeness (QED) is 0.873. The van der Waals surface area contributed by atoms with Crippen molar-refractivity contribution in [3.8, 4) is 0 Å². The normalized spacial score (nSPS) is 12.1. The number of aromatic nitrogens is 1. The van der Waals surface area contributed by atoms with Gasteiger partial charge in [0.2, 0.25) is 0 Å². The molecular formula is C12H12N2O2S. The van der Waals surface area contributed by atoms with Gasteiger partial charge < -0.3 is 10.4 Å². The van der Waals surface area contributed by atoms with E-state index in [-0.39, 0.29) is 0 Å². The zero-order valence-electron chi connectivity index (χ0n) is 9.25. The van der Waals surface area contributed by atoms with Crippen LogP contribution in [-0.2, 0) is 4.79 Å². The number of anilines is 1. The molecule has 0 saturated heterocycles. The van der Waals surface area contributed by atoms with Gasteiger partial charge >= 0.3 is 5.97 Å². The van der Waals surface area contributed by atoms with Crippen molar-refractivity contribution in [2.24, 2.45) is 0 Å². The predicted octanol–water partition coefficient (Wildman–Crippen LogP) is 2.69. The summed E-state index contributed by atoms with van der Waals surface area (Å²) in [7, 11) is 0. The molecule has 0 aliphatic heterocycles. The molecule has 1 unspecified atom stereocenters. The highest BCUT2D eigenvalue weighted by molar-refractivity contribution is 7.09. The lowest BCUT2D eigenvalue weighted by molar-refractivity contribution is -0.138. The highest BCUT2D eigenvalue weighted by Crippen LogP contribution is 2.23. The first kappa shape index (κ1) is 11.6. The van der Waals surface area contributed by atoms with Crippen LogP contribution >= 0.6 is 11.3 Å². The Morgan fingerprint density at radius 1 is 1.53 bits per heavy atom. The largest absolute Gasteiger partial charge is 0.479 e. The van der Waals surface area contributed by atoms with Gasteiger partial charge in [-0.15, -0.1) is 11.3 Å². The first-order chi connectivity index (χ1) is 8.16. The van der Waals surface area contributed by atoms with Gasteiger partial charge in [-0.2, -0.15) is 0 Å². The Bertz CT molecular complexity index is 511. The van der Waals surface area contributed by atoms with Gasteiger partial charge in [-0.1, -0.05) is 12.1 Å². The van der Waals surface area contributed by atoms with Crippen molar-refractivity contribution >= 4 is 23.0 Å². The maximum Gasteiger partial charge on any atom is 0.331 e. The molecule has 1 aromatic heterocycles. The van der Waals surface area contributed by atoms with Crippen LogP contribution in [0.3, 0.4) is 0 Å². The molecule has 1 heterocycles. The topological polar surface area (TPSA) is 62.2 Å². The van der Waals surface area contributed by atoms with E-state index in [4.69, 9.17) is 0 Å². The van der Waals surface area contributed by atoms with Crippen LogP contribution in [0.1, 0.15) is 16.5 Å². The summed E-state index contributed by atoms with van der Waals surface area (Å²) in [5.74, 6) is -0.907. The van der Waals surface area contributed by atoms with E-state index in [1.165, 1.54) is 11.3 Å². The lowest BCUT2D eigenvalue weighted by Gasteiger charge is -2.14. The molecule has 5 heteroatoms. The summed E-state index contributed by atoms with van der Waals surface area (Å²) in [6.07, 6.45) is 1.58. The summed E-state index contributed by atoms with van der Waals surface area (Å²) in [6.45, 7) is 1.97. The van der Waals surface area contributed by atoms with Gasteiger partial charge in [0, 0.05) is 11.9 Å². The van der Waals surface area contributed by atoms with Gasteiger partial charge in [-0.3, -0.25) is 4.98 Å². The molecule has 2 N–H and O–H groups in total. The van der Waals surface area contributed by atoms with Gasteiger partial charge in [0.25, 0.3) is 0 Å². The van der Waals surface area contributed by atoms with Crippen molar-refractivity contribution in [3.05, 3.63) is 46.4 Å². The molecule has 4 nitrogen and oxygen atoms in total. The fraction of sp³-hybridized carbons (Fsp3) is 0.167. The molecule has 0 fully saturated rings. The van der Waals surface area contributed by atoms with Gasteiger partial charge in [0.15, 0.2) is 6.04 Å². The Morgan fingerprint density at radius 2 is 2.35 bits per heavy atom. The number of aryl methyl sites for hydroxylation is 1. The number of carboxylic acid groups (broad SMARTS) is 1. The lowest BCUT2D eigenvalue weighted by atomic mass is 10.2. The standard InChI is InChI=1S/C12H12N2O2S/c1-8-3-2-4-9(5-8)14-11(12(15)16)10-6-13-7-17-10/h2-7,11,14H,1H3,(H,15,16). The zero-order chi connectivity index (χ0) is 12.3. The van der Waals surface area contributed by atoms with Crippen LogP contribution in [0.4, 0.5) is 5.69 Å². The number of aliphatic carboxylic acids is 1. The summed E-state index contributed by atoms with van der Waals surface area (Å²) in [5, 5.41) is 12.2. The third kappa shape index (κ3) is 2.82. The SMILES string of the molecule is Cc1cccc(NC(C(=O)O)c2cncs2)c1. The van der Waals surface area contributed by atoms with Crippen LogP contribution < -0.4 is 5.32 Å². The van der Waals surface area contributed by atoms with Gasteiger partial charge in [-0.05, 0) is 24.6 Å². The summed E-state index contributed by atoms with van der Waals surface area (Å²) >= 11 is 1.33. The van der Waals surface area contributed by atoms with Crippen molar-refractivity contribution in [2.75, 3.05) is 5.32 Å². The van der Waals surface area contributed by atoms with Crippen molar-refractivity contribution < 1.29 is 9.90 Å². The molecule has 17 heavy (non-hydrogen) atoms. The molecule has 0 saturated carbocycles. The fourth-order valence-electron chi connectivity index (χ4n) is 1.52. The molecule has 2 rings (SSSR count). The van der Waals surface area contributed by atoms with Gasteiger partial charge in [0.1, 0.15) is 0 Å². The van der Waals surface area contributed by atoms with Crippen molar-refractivity contribution in [1.82, 2.24) is 4.98 Å². The molecule has 1 aromatic carbocycles. The van der Waals surface area contributed by atoms with E-state index in [9.17, 15) is 9.90 Å². The summed E-state index contributed by atoms with van der Waals surface area (Å²) < 4.78 is 0. The highest BCUT2D eigenvalue weighted by atomic mass is 32.1. The second kappa shape index (κ2) is 4.97. The van der Waals surface area contributed by atoms with Crippen LogP contribution in [0.25, 0.3) is 0 Å². The summed E-state index contributed by atoms with van der Waals surface area (Å²) in [6, 6.07) is 6.88. The first-order valence-electron chi connectivity index (χ1n) is 5.11. The molecule has 0 bridgehead atoms. The number of rotatable bonds is 4. The second-order valence-corrected chi connectivity index (χ2v) is 4.61. The third-order valence-corrected chi connectivity index (χ3v) is 3.15. The predicted molar refractivity (Wildman–Crippen MR) is 67.3 cm³/mol. The molecule has 0 spiro atoms. The summed E-state index contributed by atoms with van der Waals surface area (Å²) in [4.78, 5) is 15.8. The molecule has 0 amide bonds. The van der Waals surface area contributed by atoms with Crippen molar-refractivity contribution in [3.63, 3.8) is 0 Å². The number of carboxylic acids is 1. The average molecular weight is 248 g/mol. The Balaban J connectivity index is 2.22. The number of carbonyl (C=O) groups is 1. The highest BCUT2D eigenvalue weighted by Gasteiger charge is 2.20. The van der Waals surface area contributed by atoms with Crippen LogP contribution in [-0.4, -0.2) is 16.1 Å². The minimum Gasteiger partial charge on any atom is -0.479 e. The number of hydrogen-bond acceptors (Lipinski definition) is 4. The molecule has 0 aliphatic rings. The first-order valence-corrected chi connectivity index (χ1v) is 5.99. The van der Waals surface area contributed by atoms with Crippen LogP contribution in [0, 0.1) is 6.92 Å². The maximum atomic E-state index is 11.2. The van der Waals surface area contributed by atoms with Crippen LogP contribution in [0.15, 0.2) is 36.0 Å². The van der Waals surface area contributed by atoms with Gasteiger partial charge in [0.05, 0.1) is 10.4 Å². The zero-order valence-corrected chi connectivity index (χ0v) is 10.1. The molecule has 0 aliphatic carbocycles. The second-order valence-electron chi connectivity index (χ2n) is 3.69. The molecule has 0 radical (unpaired) electrons. The molecule has 2 aromatic rings. The Hall–Kier alpha value is -1.88.